The van der Waals surface area contributed by atoms with Gasteiger partial charge in [-0.15, -0.1) is 6.42 Å². The second-order valence-electron chi connectivity index (χ2n) is 9.08. The molecular formula is C29H27F4N3O. The molecule has 0 saturated carbocycles. The number of urea groups is 1. The number of halogens is 4. The monoisotopic (exact) mass is 509 g/mol. The molecular weight excluding hydrogens is 482 g/mol. The fraction of sp³-hybridized carbons (Fsp3) is 0.276. The predicted octanol–water partition coefficient (Wildman–Crippen LogP) is 6.52. The summed E-state index contributed by atoms with van der Waals surface area (Å²) < 4.78 is 53.4. The van der Waals surface area contributed by atoms with Gasteiger partial charge in [0.05, 0.1) is 5.56 Å². The van der Waals surface area contributed by atoms with Crippen molar-refractivity contribution in [3.63, 3.8) is 0 Å². The number of terminal acetylenes is 1. The fourth-order valence-corrected chi connectivity index (χ4v) is 4.60. The molecule has 37 heavy (non-hydrogen) atoms. The number of benzene rings is 3. The number of piperidine rings is 1. The molecule has 0 aliphatic carbocycles. The minimum Gasteiger partial charge on any atom is -0.317 e. The minimum absolute atomic E-state index is 0.144. The highest BCUT2D eigenvalue weighted by molar-refractivity contribution is 5.89. The molecule has 0 atom stereocenters. The summed E-state index contributed by atoms with van der Waals surface area (Å²) in [6.07, 6.45) is 2.25. The van der Waals surface area contributed by atoms with E-state index in [1.807, 2.05) is 54.6 Å². The highest BCUT2D eigenvalue weighted by Crippen LogP contribution is 2.32. The van der Waals surface area contributed by atoms with Crippen LogP contribution >= 0.6 is 0 Å². The maximum atomic E-state index is 13.9. The molecule has 1 aliphatic rings. The first kappa shape index (κ1) is 26.2. The van der Waals surface area contributed by atoms with Gasteiger partial charge in [0.15, 0.2) is 0 Å². The third-order valence-electron chi connectivity index (χ3n) is 6.50. The molecule has 4 rings (SSSR count). The molecule has 0 radical (unpaired) electrons. The maximum absolute atomic E-state index is 13.9. The molecule has 1 aliphatic heterocycles. The highest BCUT2D eigenvalue weighted by atomic mass is 19.4. The van der Waals surface area contributed by atoms with Gasteiger partial charge < -0.3 is 10.2 Å². The van der Waals surface area contributed by atoms with Gasteiger partial charge in [0.1, 0.15) is 5.82 Å². The van der Waals surface area contributed by atoms with Crippen molar-refractivity contribution in [2.24, 2.45) is 0 Å². The summed E-state index contributed by atoms with van der Waals surface area (Å²) in [7, 11) is 0. The third-order valence-corrected chi connectivity index (χ3v) is 6.50. The van der Waals surface area contributed by atoms with Crippen molar-refractivity contribution in [3.05, 3.63) is 101 Å². The first-order valence-corrected chi connectivity index (χ1v) is 12.0. The fourth-order valence-electron chi connectivity index (χ4n) is 4.60. The predicted molar refractivity (Wildman–Crippen MR) is 135 cm³/mol. The van der Waals surface area contributed by atoms with Crippen LogP contribution in [0.3, 0.4) is 0 Å². The van der Waals surface area contributed by atoms with E-state index in [1.165, 1.54) is 0 Å². The molecule has 1 saturated heterocycles. The lowest BCUT2D eigenvalue weighted by Gasteiger charge is -2.38. The number of alkyl halides is 3. The van der Waals surface area contributed by atoms with Gasteiger partial charge in [0.2, 0.25) is 0 Å². The number of carbonyl (C=O) groups excluding carboxylic acids is 1. The van der Waals surface area contributed by atoms with Crippen LogP contribution in [0.1, 0.15) is 35.1 Å². The second kappa shape index (κ2) is 11.5. The van der Waals surface area contributed by atoms with Crippen molar-refractivity contribution in [1.82, 2.24) is 9.80 Å². The average molecular weight is 510 g/mol. The van der Waals surface area contributed by atoms with E-state index in [0.29, 0.717) is 25.5 Å². The summed E-state index contributed by atoms with van der Waals surface area (Å²) in [6, 6.07) is 18.4. The van der Waals surface area contributed by atoms with E-state index in [-0.39, 0.29) is 18.3 Å². The van der Waals surface area contributed by atoms with Crippen molar-refractivity contribution in [3.8, 4) is 12.3 Å². The average Bonchev–Trinajstić information content (AvgIpc) is 2.88. The number of likely N-dealkylation sites (tertiary alicyclic amines) is 1. The Morgan fingerprint density at radius 2 is 1.70 bits per heavy atom. The molecule has 3 aromatic carbocycles. The summed E-state index contributed by atoms with van der Waals surface area (Å²) in [6.45, 7) is 2.42. The van der Waals surface area contributed by atoms with E-state index in [4.69, 9.17) is 6.42 Å². The summed E-state index contributed by atoms with van der Waals surface area (Å²) in [5, 5.41) is 2.49. The molecule has 0 spiro atoms. The van der Waals surface area contributed by atoms with E-state index < -0.39 is 23.6 Å². The molecule has 0 bridgehead atoms. The Hall–Kier alpha value is -3.83. The number of rotatable bonds is 6. The number of hydrogen-bond donors (Lipinski definition) is 1. The zero-order valence-electron chi connectivity index (χ0n) is 20.1. The molecule has 4 nitrogen and oxygen atoms in total. The van der Waals surface area contributed by atoms with E-state index in [1.54, 1.807) is 4.90 Å². The van der Waals surface area contributed by atoms with Crippen LogP contribution in [0.4, 0.5) is 28.0 Å². The molecule has 0 aromatic heterocycles. The molecule has 2 amide bonds. The Balaban J connectivity index is 1.49. The highest BCUT2D eigenvalue weighted by Gasteiger charge is 2.32. The molecule has 1 heterocycles. The lowest BCUT2D eigenvalue weighted by molar-refractivity contribution is -0.137. The van der Waals surface area contributed by atoms with Crippen LogP contribution in [0, 0.1) is 18.2 Å². The van der Waals surface area contributed by atoms with Gasteiger partial charge in [-0.3, -0.25) is 4.90 Å². The summed E-state index contributed by atoms with van der Waals surface area (Å²) in [5.74, 6) is 1.64. The zero-order valence-corrected chi connectivity index (χ0v) is 20.1. The van der Waals surface area contributed by atoms with E-state index >= 15 is 0 Å². The second-order valence-corrected chi connectivity index (χ2v) is 9.08. The van der Waals surface area contributed by atoms with Crippen molar-refractivity contribution in [1.29, 1.82) is 0 Å². The topological polar surface area (TPSA) is 35.6 Å². The number of nitrogens with one attached hydrogen (secondary N) is 1. The van der Waals surface area contributed by atoms with Gasteiger partial charge >= 0.3 is 12.2 Å². The van der Waals surface area contributed by atoms with Gasteiger partial charge in [0.25, 0.3) is 0 Å². The third kappa shape index (κ3) is 6.89. The number of nitrogens with zero attached hydrogens (tertiary/aromatic N) is 2. The van der Waals surface area contributed by atoms with E-state index in [2.05, 4.69) is 16.1 Å². The van der Waals surface area contributed by atoms with Gasteiger partial charge in [-0.1, -0.05) is 54.5 Å². The van der Waals surface area contributed by atoms with Gasteiger partial charge in [-0.25, -0.2) is 9.18 Å². The quantitative estimate of drug-likeness (QED) is 0.303. The van der Waals surface area contributed by atoms with Crippen LogP contribution in [0.15, 0.2) is 72.8 Å². The van der Waals surface area contributed by atoms with Crippen molar-refractivity contribution in [2.45, 2.75) is 38.1 Å². The number of amides is 2. The van der Waals surface area contributed by atoms with Crippen molar-refractivity contribution in [2.75, 3.05) is 18.4 Å². The van der Waals surface area contributed by atoms with E-state index in [9.17, 15) is 22.4 Å². The van der Waals surface area contributed by atoms with Crippen molar-refractivity contribution >= 4 is 11.7 Å². The van der Waals surface area contributed by atoms with Crippen LogP contribution in [0.2, 0.25) is 0 Å². The normalized spacial score (nSPS) is 14.7. The zero-order chi connectivity index (χ0) is 26.4. The minimum atomic E-state index is -4.73. The molecule has 1 N–H and O–H groups in total. The number of anilines is 1. The summed E-state index contributed by atoms with van der Waals surface area (Å²) in [5.41, 5.74) is 1.41. The van der Waals surface area contributed by atoms with Gasteiger partial charge in [0, 0.05) is 43.5 Å². The van der Waals surface area contributed by atoms with Crippen LogP contribution in [-0.4, -0.2) is 35.0 Å². The first-order valence-electron chi connectivity index (χ1n) is 12.0. The number of hydrogen-bond acceptors (Lipinski definition) is 2. The Labute approximate surface area is 213 Å². The molecule has 1 fully saturated rings. The first-order chi connectivity index (χ1) is 17.7. The van der Waals surface area contributed by atoms with Crippen LogP contribution in [-0.2, 0) is 19.3 Å². The smallest absolute Gasteiger partial charge is 0.317 e. The Morgan fingerprint density at radius 3 is 2.38 bits per heavy atom. The SMILES string of the molecule is C#Cc1ccccc1CN1CCC(N(Cc2ccccc2)C(=O)Nc2cc(F)cc(C(F)(F)F)c2)CC1. The van der Waals surface area contributed by atoms with Crippen LogP contribution in [0.25, 0.3) is 0 Å². The molecule has 8 heteroatoms. The lowest BCUT2D eigenvalue weighted by atomic mass is 10.0. The standard InChI is InChI=1S/C29H27F4N3O/c1-2-22-10-6-7-11-23(22)20-35-14-12-27(13-15-35)36(19-21-8-4-3-5-9-21)28(37)34-26-17-24(29(31,32)33)16-25(30)18-26/h1,3-11,16-18,27H,12-15,19-20H2,(H,34,37). The van der Waals surface area contributed by atoms with Crippen molar-refractivity contribution < 1.29 is 22.4 Å². The maximum Gasteiger partial charge on any atom is 0.416 e. The summed E-state index contributed by atoms with van der Waals surface area (Å²) in [4.78, 5) is 17.2. The largest absolute Gasteiger partial charge is 0.416 e. The Kier molecular flexibility index (Phi) is 8.14. The Bertz CT molecular complexity index is 1260. The van der Waals surface area contributed by atoms with E-state index in [0.717, 1.165) is 41.9 Å². The molecule has 0 unspecified atom stereocenters. The van der Waals surface area contributed by atoms with Crippen LogP contribution in [0.5, 0.6) is 0 Å². The van der Waals surface area contributed by atoms with Crippen LogP contribution < -0.4 is 5.32 Å². The lowest BCUT2D eigenvalue weighted by Crippen LogP contribution is -2.48. The van der Waals surface area contributed by atoms with Gasteiger partial charge in [-0.2, -0.15) is 13.2 Å². The Morgan fingerprint density at radius 1 is 1.03 bits per heavy atom. The van der Waals surface area contributed by atoms with Gasteiger partial charge in [-0.05, 0) is 48.2 Å². The molecule has 192 valence electrons. The number of carbonyl (C=O) groups is 1. The summed E-state index contributed by atoms with van der Waals surface area (Å²) >= 11 is 0. The molecule has 3 aromatic rings.